The molecule has 0 saturated heterocycles. The molecule has 0 fully saturated rings. The van der Waals surface area contributed by atoms with Crippen LogP contribution in [-0.2, 0) is 20.1 Å². The molecular weight excluding hydrogens is 496 g/mol. The van der Waals surface area contributed by atoms with Crippen LogP contribution in [0.15, 0.2) is 91.3 Å². The Morgan fingerprint density at radius 1 is 0.769 bits per heavy atom. The molecule has 1 radical (unpaired) electrons. The second-order valence-electron chi connectivity index (χ2n) is 6.10. The van der Waals surface area contributed by atoms with Crippen molar-refractivity contribution in [1.29, 1.82) is 0 Å². The van der Waals surface area contributed by atoms with Crippen LogP contribution >= 0.6 is 0 Å². The summed E-state index contributed by atoms with van der Waals surface area (Å²) in [6.07, 6.45) is 4.03. The standard InChI is InChI=1S/C23H15N2.Ir/c1-3-7-17(8-4-1)19-11-12-21-20(15-19)13-14-25-22(16-24-23(21)25)18-9-5-2-6-10-18;/h1-11,13-16H;/q-1;. The van der Waals surface area contributed by atoms with E-state index in [-0.39, 0.29) is 20.1 Å². The van der Waals surface area contributed by atoms with E-state index < -0.39 is 0 Å². The smallest absolute Gasteiger partial charge is 0.0629 e. The van der Waals surface area contributed by atoms with E-state index in [0.29, 0.717) is 0 Å². The summed E-state index contributed by atoms with van der Waals surface area (Å²) < 4.78 is 2.14. The first-order valence-electron chi connectivity index (χ1n) is 8.32. The molecule has 2 heterocycles. The first-order valence-corrected chi connectivity index (χ1v) is 8.32. The largest absolute Gasteiger partial charge is 0.341 e. The van der Waals surface area contributed by atoms with Crippen LogP contribution < -0.4 is 0 Å². The van der Waals surface area contributed by atoms with Gasteiger partial charge in [0.1, 0.15) is 0 Å². The first-order chi connectivity index (χ1) is 12.4. The molecule has 0 atom stereocenters. The van der Waals surface area contributed by atoms with Gasteiger partial charge in [-0.2, -0.15) is 0 Å². The molecule has 0 aliphatic heterocycles. The van der Waals surface area contributed by atoms with Gasteiger partial charge in [0.05, 0.1) is 11.3 Å². The maximum absolute atomic E-state index is 4.66. The fourth-order valence-electron chi connectivity index (χ4n) is 3.31. The molecule has 5 rings (SSSR count). The van der Waals surface area contributed by atoms with Crippen LogP contribution in [0.25, 0.3) is 38.8 Å². The molecule has 5 aromatic rings. The third-order valence-electron chi connectivity index (χ3n) is 4.57. The van der Waals surface area contributed by atoms with Crippen molar-refractivity contribution in [2.24, 2.45) is 0 Å². The molecule has 0 spiro atoms. The van der Waals surface area contributed by atoms with E-state index in [2.05, 4.69) is 76.2 Å². The van der Waals surface area contributed by atoms with Gasteiger partial charge in [0.15, 0.2) is 0 Å². The summed E-state index contributed by atoms with van der Waals surface area (Å²) in [5, 5.41) is 2.20. The maximum atomic E-state index is 4.66. The van der Waals surface area contributed by atoms with E-state index >= 15 is 0 Å². The number of rotatable bonds is 2. The molecule has 3 heteroatoms. The molecule has 127 valence electrons. The fraction of sp³-hybridized carbons (Fsp3) is 0. The average molecular weight is 512 g/mol. The summed E-state index contributed by atoms with van der Waals surface area (Å²) in [4.78, 5) is 4.66. The van der Waals surface area contributed by atoms with Crippen molar-refractivity contribution in [2.75, 3.05) is 0 Å². The van der Waals surface area contributed by atoms with Gasteiger partial charge in [0.2, 0.25) is 0 Å². The molecule has 0 aliphatic rings. The second-order valence-corrected chi connectivity index (χ2v) is 6.10. The predicted octanol–water partition coefficient (Wildman–Crippen LogP) is 5.62. The molecule has 3 aromatic carbocycles. The number of fused-ring (bicyclic) bond motifs is 3. The zero-order chi connectivity index (χ0) is 16.6. The Morgan fingerprint density at radius 2 is 1.46 bits per heavy atom. The molecule has 0 saturated carbocycles. The number of imidazole rings is 1. The minimum atomic E-state index is 0. The van der Waals surface area contributed by atoms with Crippen molar-refractivity contribution >= 4 is 16.4 Å². The third kappa shape index (κ3) is 2.76. The number of hydrogen-bond acceptors (Lipinski definition) is 1. The number of benzene rings is 3. The molecule has 26 heavy (non-hydrogen) atoms. The van der Waals surface area contributed by atoms with Crippen LogP contribution in [-0.4, -0.2) is 9.38 Å². The molecule has 2 aromatic heterocycles. The summed E-state index contributed by atoms with van der Waals surface area (Å²) in [7, 11) is 0. The van der Waals surface area contributed by atoms with Gasteiger partial charge >= 0.3 is 0 Å². The van der Waals surface area contributed by atoms with Crippen LogP contribution in [0.3, 0.4) is 0 Å². The molecule has 0 bridgehead atoms. The Bertz CT molecular complexity index is 1180. The molecule has 0 N–H and O–H groups in total. The number of hydrogen-bond donors (Lipinski definition) is 0. The molecule has 0 aliphatic carbocycles. The van der Waals surface area contributed by atoms with Crippen molar-refractivity contribution in [3.63, 3.8) is 0 Å². The van der Waals surface area contributed by atoms with E-state index in [9.17, 15) is 0 Å². The van der Waals surface area contributed by atoms with Crippen LogP contribution in [0.1, 0.15) is 0 Å². The Morgan fingerprint density at radius 3 is 2.19 bits per heavy atom. The molecule has 2 nitrogen and oxygen atoms in total. The van der Waals surface area contributed by atoms with E-state index in [1.54, 1.807) is 0 Å². The Balaban J connectivity index is 0.00000168. The van der Waals surface area contributed by atoms with Gasteiger partial charge in [0, 0.05) is 26.3 Å². The number of aromatic nitrogens is 2. The van der Waals surface area contributed by atoms with Gasteiger partial charge in [0.25, 0.3) is 0 Å². The minimum Gasteiger partial charge on any atom is -0.341 e. The van der Waals surface area contributed by atoms with Gasteiger partial charge < -0.3 is 4.40 Å². The average Bonchev–Trinajstić information content (AvgIpc) is 3.13. The first kappa shape index (κ1) is 16.7. The van der Waals surface area contributed by atoms with Gasteiger partial charge in [-0.1, -0.05) is 77.9 Å². The molecule has 0 amide bonds. The quantitative estimate of drug-likeness (QED) is 0.281. The van der Waals surface area contributed by atoms with E-state index in [4.69, 9.17) is 0 Å². The zero-order valence-corrected chi connectivity index (χ0v) is 16.3. The van der Waals surface area contributed by atoms with Gasteiger partial charge in [-0.15, -0.1) is 29.0 Å². The van der Waals surface area contributed by atoms with Crippen molar-refractivity contribution < 1.29 is 20.1 Å². The Labute approximate surface area is 165 Å². The van der Waals surface area contributed by atoms with Crippen molar-refractivity contribution in [3.8, 4) is 22.4 Å². The minimum absolute atomic E-state index is 0. The van der Waals surface area contributed by atoms with Crippen LogP contribution in [0, 0.1) is 6.07 Å². The zero-order valence-electron chi connectivity index (χ0n) is 13.9. The van der Waals surface area contributed by atoms with E-state index in [0.717, 1.165) is 27.7 Å². The third-order valence-corrected chi connectivity index (χ3v) is 4.57. The molecule has 0 unspecified atom stereocenters. The second kappa shape index (κ2) is 6.87. The van der Waals surface area contributed by atoms with Gasteiger partial charge in [-0.25, -0.2) is 0 Å². The number of pyridine rings is 1. The number of nitrogens with zero attached hydrogens (tertiary/aromatic N) is 2. The topological polar surface area (TPSA) is 17.3 Å². The van der Waals surface area contributed by atoms with Crippen LogP contribution in [0.2, 0.25) is 0 Å². The molecular formula is C23H15IrN2-. The fourth-order valence-corrected chi connectivity index (χ4v) is 3.31. The summed E-state index contributed by atoms with van der Waals surface area (Å²) in [5.41, 5.74) is 5.57. The maximum Gasteiger partial charge on any atom is 0.0629 e. The van der Waals surface area contributed by atoms with E-state index in [1.165, 1.54) is 11.1 Å². The predicted molar refractivity (Wildman–Crippen MR) is 102 cm³/mol. The monoisotopic (exact) mass is 512 g/mol. The SMILES string of the molecule is [Ir].[c-]1cc(-c2ccccc2)cc2ccn3c(-c4ccccc4)cnc3c12. The van der Waals surface area contributed by atoms with Crippen LogP contribution in [0.5, 0.6) is 0 Å². The van der Waals surface area contributed by atoms with Gasteiger partial charge in [-0.3, -0.25) is 4.98 Å². The summed E-state index contributed by atoms with van der Waals surface area (Å²) in [6.45, 7) is 0. The summed E-state index contributed by atoms with van der Waals surface area (Å²) in [6, 6.07) is 30.6. The van der Waals surface area contributed by atoms with Crippen molar-refractivity contribution in [2.45, 2.75) is 0 Å². The van der Waals surface area contributed by atoms with E-state index in [1.807, 2.05) is 30.5 Å². The normalized spacial score (nSPS) is 10.8. The summed E-state index contributed by atoms with van der Waals surface area (Å²) in [5.74, 6) is 0. The Kier molecular flexibility index (Phi) is 4.42. The van der Waals surface area contributed by atoms with Gasteiger partial charge in [-0.05, 0) is 11.8 Å². The summed E-state index contributed by atoms with van der Waals surface area (Å²) >= 11 is 0. The van der Waals surface area contributed by atoms with Crippen molar-refractivity contribution in [1.82, 2.24) is 9.38 Å². The van der Waals surface area contributed by atoms with Crippen molar-refractivity contribution in [3.05, 3.63) is 97.3 Å². The van der Waals surface area contributed by atoms with Crippen LogP contribution in [0.4, 0.5) is 0 Å². The Hall–Kier alpha value is -2.74.